The maximum atomic E-state index is 12.3. The first kappa shape index (κ1) is 16.7. The number of rotatable bonds is 3. The Bertz CT molecular complexity index is 730. The molecule has 23 heavy (non-hydrogen) atoms. The molecule has 0 aliphatic carbocycles. The van der Waals surface area contributed by atoms with Crippen LogP contribution in [0.4, 0.5) is 11.4 Å². The number of aryl methyl sites for hydroxylation is 1. The number of nitrogens with one attached hydrogen (secondary N) is 2. The average molecular weight is 310 g/mol. The van der Waals surface area contributed by atoms with Crippen molar-refractivity contribution < 1.29 is 9.59 Å². The minimum absolute atomic E-state index is 0.0696. The first-order valence-corrected chi connectivity index (χ1v) is 7.56. The van der Waals surface area contributed by atoms with Crippen molar-refractivity contribution in [3.05, 3.63) is 59.7 Å². The van der Waals surface area contributed by atoms with Crippen LogP contribution in [0.15, 0.2) is 48.5 Å². The second-order valence-corrected chi connectivity index (χ2v) is 6.55. The minimum Gasteiger partial charge on any atom is -0.326 e. The number of benzene rings is 2. The van der Waals surface area contributed by atoms with Gasteiger partial charge in [0.2, 0.25) is 5.91 Å². The fraction of sp³-hybridized carbons (Fsp3) is 0.263. The van der Waals surface area contributed by atoms with Crippen LogP contribution in [0.1, 0.15) is 36.7 Å². The topological polar surface area (TPSA) is 58.2 Å². The number of carbonyl (C=O) groups excluding carboxylic acids is 2. The summed E-state index contributed by atoms with van der Waals surface area (Å²) in [6.07, 6.45) is 0. The van der Waals surface area contributed by atoms with E-state index in [-0.39, 0.29) is 11.8 Å². The molecule has 0 heterocycles. The van der Waals surface area contributed by atoms with Crippen molar-refractivity contribution in [2.75, 3.05) is 10.6 Å². The van der Waals surface area contributed by atoms with Gasteiger partial charge in [0.25, 0.3) is 5.91 Å². The monoisotopic (exact) mass is 310 g/mol. The zero-order valence-corrected chi connectivity index (χ0v) is 13.9. The van der Waals surface area contributed by atoms with Crippen molar-refractivity contribution in [2.45, 2.75) is 27.7 Å². The summed E-state index contributed by atoms with van der Waals surface area (Å²) in [5.74, 6) is -0.234. The van der Waals surface area contributed by atoms with Gasteiger partial charge in [0, 0.05) is 22.4 Å². The van der Waals surface area contributed by atoms with E-state index in [1.165, 1.54) is 0 Å². The maximum absolute atomic E-state index is 12.3. The predicted molar refractivity (Wildman–Crippen MR) is 93.7 cm³/mol. The van der Waals surface area contributed by atoms with E-state index in [9.17, 15) is 9.59 Å². The van der Waals surface area contributed by atoms with Gasteiger partial charge in [-0.3, -0.25) is 9.59 Å². The third-order valence-corrected chi connectivity index (χ3v) is 3.45. The summed E-state index contributed by atoms with van der Waals surface area (Å²) in [5, 5.41) is 5.72. The summed E-state index contributed by atoms with van der Waals surface area (Å²) in [7, 11) is 0. The van der Waals surface area contributed by atoms with Gasteiger partial charge in [0.05, 0.1) is 0 Å². The zero-order valence-electron chi connectivity index (χ0n) is 13.9. The van der Waals surface area contributed by atoms with Gasteiger partial charge in [-0.15, -0.1) is 0 Å². The molecular formula is C19H22N2O2. The largest absolute Gasteiger partial charge is 0.326 e. The summed E-state index contributed by atoms with van der Waals surface area (Å²) in [6.45, 7) is 7.46. The van der Waals surface area contributed by atoms with Crippen LogP contribution in [-0.2, 0) is 4.79 Å². The molecule has 0 saturated heterocycles. The Morgan fingerprint density at radius 1 is 0.870 bits per heavy atom. The molecule has 2 aromatic rings. The molecule has 120 valence electrons. The Morgan fingerprint density at radius 2 is 1.48 bits per heavy atom. The number of hydrogen-bond donors (Lipinski definition) is 2. The van der Waals surface area contributed by atoms with E-state index < -0.39 is 5.41 Å². The Balaban J connectivity index is 2.13. The highest BCUT2D eigenvalue weighted by Crippen LogP contribution is 2.20. The maximum Gasteiger partial charge on any atom is 0.255 e. The second kappa shape index (κ2) is 6.65. The van der Waals surface area contributed by atoms with Crippen molar-refractivity contribution in [2.24, 2.45) is 5.41 Å². The first-order valence-electron chi connectivity index (χ1n) is 7.56. The zero-order chi connectivity index (χ0) is 17.0. The summed E-state index contributed by atoms with van der Waals surface area (Å²) in [4.78, 5) is 24.4. The molecule has 0 bridgehead atoms. The Kier molecular flexibility index (Phi) is 4.84. The van der Waals surface area contributed by atoms with Crippen molar-refractivity contribution in [1.29, 1.82) is 0 Å². The number of anilines is 2. The van der Waals surface area contributed by atoms with Crippen LogP contribution >= 0.6 is 0 Å². The third kappa shape index (κ3) is 4.42. The molecule has 0 fully saturated rings. The summed E-state index contributed by atoms with van der Waals surface area (Å²) >= 11 is 0. The van der Waals surface area contributed by atoms with Crippen LogP contribution in [0, 0.1) is 12.3 Å². The molecule has 4 heteroatoms. The molecular weight excluding hydrogens is 288 g/mol. The first-order chi connectivity index (χ1) is 10.8. The quantitative estimate of drug-likeness (QED) is 0.891. The van der Waals surface area contributed by atoms with Crippen molar-refractivity contribution in [3.8, 4) is 0 Å². The molecule has 0 atom stereocenters. The van der Waals surface area contributed by atoms with Crippen molar-refractivity contribution in [1.82, 2.24) is 0 Å². The van der Waals surface area contributed by atoms with Gasteiger partial charge in [-0.2, -0.15) is 0 Å². The summed E-state index contributed by atoms with van der Waals surface area (Å²) in [5.41, 5.74) is 2.39. The fourth-order valence-electron chi connectivity index (χ4n) is 2.02. The van der Waals surface area contributed by atoms with E-state index in [0.29, 0.717) is 16.9 Å². The van der Waals surface area contributed by atoms with Gasteiger partial charge in [-0.05, 0) is 36.8 Å². The van der Waals surface area contributed by atoms with Crippen molar-refractivity contribution >= 4 is 23.2 Å². The Hall–Kier alpha value is -2.62. The lowest BCUT2D eigenvalue weighted by molar-refractivity contribution is -0.123. The second-order valence-electron chi connectivity index (χ2n) is 6.55. The van der Waals surface area contributed by atoms with E-state index in [2.05, 4.69) is 10.6 Å². The van der Waals surface area contributed by atoms with Crippen LogP contribution in [0.25, 0.3) is 0 Å². The highest BCUT2D eigenvalue weighted by atomic mass is 16.2. The number of amides is 2. The van der Waals surface area contributed by atoms with Crippen molar-refractivity contribution in [3.63, 3.8) is 0 Å². The standard InChI is InChI=1S/C19H22N2O2/c1-13-8-5-6-11-16(13)17(22)20-14-9-7-10-15(12-14)21-18(23)19(2,3)4/h5-12H,1-4H3,(H,20,22)(H,21,23). The molecule has 0 unspecified atom stereocenters. The molecule has 0 aliphatic rings. The normalized spacial score (nSPS) is 11.0. The van der Waals surface area contributed by atoms with E-state index in [1.54, 1.807) is 30.3 Å². The van der Waals surface area contributed by atoms with Gasteiger partial charge in [-0.25, -0.2) is 0 Å². The summed E-state index contributed by atoms with van der Waals surface area (Å²) in [6, 6.07) is 14.6. The molecule has 2 N–H and O–H groups in total. The molecule has 2 aromatic carbocycles. The van der Waals surface area contributed by atoms with Gasteiger partial charge in [-0.1, -0.05) is 45.0 Å². The Morgan fingerprint density at radius 3 is 2.09 bits per heavy atom. The van der Waals surface area contributed by atoms with E-state index >= 15 is 0 Å². The molecule has 0 aromatic heterocycles. The highest BCUT2D eigenvalue weighted by molar-refractivity contribution is 6.05. The SMILES string of the molecule is Cc1ccccc1C(=O)Nc1cccc(NC(=O)C(C)(C)C)c1. The predicted octanol–water partition coefficient (Wildman–Crippen LogP) is 4.23. The smallest absolute Gasteiger partial charge is 0.255 e. The van der Waals surface area contributed by atoms with Crippen LogP contribution in [-0.4, -0.2) is 11.8 Å². The minimum atomic E-state index is -0.472. The lowest BCUT2D eigenvalue weighted by Crippen LogP contribution is -2.27. The lowest BCUT2D eigenvalue weighted by atomic mass is 9.95. The summed E-state index contributed by atoms with van der Waals surface area (Å²) < 4.78 is 0. The van der Waals surface area contributed by atoms with Gasteiger partial charge in [0.15, 0.2) is 0 Å². The third-order valence-electron chi connectivity index (χ3n) is 3.45. The van der Waals surface area contributed by atoms with Crippen LogP contribution in [0.5, 0.6) is 0 Å². The molecule has 0 spiro atoms. The van der Waals surface area contributed by atoms with Crippen LogP contribution < -0.4 is 10.6 Å². The highest BCUT2D eigenvalue weighted by Gasteiger charge is 2.21. The number of hydrogen-bond acceptors (Lipinski definition) is 2. The average Bonchev–Trinajstić information content (AvgIpc) is 2.47. The molecule has 2 amide bonds. The Labute approximate surface area is 136 Å². The van der Waals surface area contributed by atoms with E-state index in [4.69, 9.17) is 0 Å². The van der Waals surface area contributed by atoms with Crippen LogP contribution in [0.3, 0.4) is 0 Å². The molecule has 2 rings (SSSR count). The van der Waals surface area contributed by atoms with Gasteiger partial charge in [0.1, 0.15) is 0 Å². The molecule has 0 radical (unpaired) electrons. The molecule has 0 saturated carbocycles. The lowest BCUT2D eigenvalue weighted by Gasteiger charge is -2.18. The van der Waals surface area contributed by atoms with Crippen LogP contribution in [0.2, 0.25) is 0 Å². The molecule has 0 aliphatic heterocycles. The fourth-order valence-corrected chi connectivity index (χ4v) is 2.02. The van der Waals surface area contributed by atoms with Gasteiger partial charge < -0.3 is 10.6 Å². The molecule has 4 nitrogen and oxygen atoms in total. The number of carbonyl (C=O) groups is 2. The van der Waals surface area contributed by atoms with Gasteiger partial charge >= 0.3 is 0 Å². The van der Waals surface area contributed by atoms with E-state index in [0.717, 1.165) is 5.56 Å². The van der Waals surface area contributed by atoms with E-state index in [1.807, 2.05) is 45.9 Å².